The Bertz CT molecular complexity index is 97.5. The molecule has 0 aliphatic carbocycles. The monoisotopic (exact) mass is 102 g/mol. The van der Waals surface area contributed by atoms with E-state index in [0.29, 0.717) is 5.70 Å². The van der Waals surface area contributed by atoms with Crippen molar-refractivity contribution in [3.8, 4) is 0 Å². The molecule has 0 saturated carbocycles. The topological polar surface area (TPSA) is 70.5 Å². The van der Waals surface area contributed by atoms with E-state index in [1.165, 1.54) is 0 Å². The highest BCUT2D eigenvalue weighted by atomic mass is 17.2. The Morgan fingerprint density at radius 2 is 2.14 bits per heavy atom. The van der Waals surface area contributed by atoms with Crippen molar-refractivity contribution in [1.82, 2.24) is 0 Å². The molecule has 0 spiro atoms. The predicted octanol–water partition coefficient (Wildman–Crippen LogP) is -0.965. The van der Waals surface area contributed by atoms with Crippen LogP contribution in [0.25, 0.3) is 0 Å². The second-order valence-corrected chi connectivity index (χ2v) is 1.24. The first kappa shape index (κ1) is 4.26. The summed E-state index contributed by atoms with van der Waals surface area (Å²) in [7, 11) is 0. The zero-order valence-corrected chi connectivity index (χ0v) is 3.68. The summed E-state index contributed by atoms with van der Waals surface area (Å²) in [4.78, 5) is 8.64. The summed E-state index contributed by atoms with van der Waals surface area (Å²) >= 11 is 0. The molecule has 0 fully saturated rings. The fourth-order valence-electron chi connectivity index (χ4n) is 0.281. The van der Waals surface area contributed by atoms with E-state index in [1.54, 1.807) is 0 Å². The highest BCUT2D eigenvalue weighted by Crippen LogP contribution is 2.03. The van der Waals surface area contributed by atoms with E-state index >= 15 is 0 Å². The van der Waals surface area contributed by atoms with E-state index in [9.17, 15) is 0 Å². The van der Waals surface area contributed by atoms with Crippen molar-refractivity contribution in [1.29, 1.82) is 0 Å². The van der Waals surface area contributed by atoms with Crippen LogP contribution in [0, 0.1) is 0 Å². The molecule has 1 aliphatic heterocycles. The van der Waals surface area contributed by atoms with E-state index in [4.69, 9.17) is 11.5 Å². The molecule has 0 aromatic carbocycles. The molecule has 4 heteroatoms. The van der Waals surface area contributed by atoms with Crippen molar-refractivity contribution in [2.45, 2.75) is 0 Å². The van der Waals surface area contributed by atoms with Gasteiger partial charge in [-0.3, -0.25) is 0 Å². The summed E-state index contributed by atoms with van der Waals surface area (Å²) in [5.74, 6) is 0.181. The summed E-state index contributed by atoms with van der Waals surface area (Å²) in [6.45, 7) is 0.284. The smallest absolute Gasteiger partial charge is 0.249 e. The predicted molar refractivity (Wildman–Crippen MR) is 22.4 cm³/mol. The van der Waals surface area contributed by atoms with Crippen LogP contribution >= 0.6 is 0 Å². The third kappa shape index (κ3) is 0.592. The molecule has 1 rings (SSSR count). The first-order valence-corrected chi connectivity index (χ1v) is 1.84. The van der Waals surface area contributed by atoms with Crippen LogP contribution in [0.2, 0.25) is 0 Å². The van der Waals surface area contributed by atoms with Gasteiger partial charge in [-0.2, -0.15) is 4.89 Å². The third-order valence-electron chi connectivity index (χ3n) is 0.680. The van der Waals surface area contributed by atoms with Crippen molar-refractivity contribution in [3.05, 3.63) is 11.6 Å². The van der Waals surface area contributed by atoms with Crippen molar-refractivity contribution in [2.75, 3.05) is 6.61 Å². The van der Waals surface area contributed by atoms with Crippen LogP contribution in [-0.2, 0) is 9.78 Å². The van der Waals surface area contributed by atoms with Gasteiger partial charge in [0.05, 0.1) is 0 Å². The first-order valence-electron chi connectivity index (χ1n) is 1.84. The maximum Gasteiger partial charge on any atom is 0.249 e. The maximum absolute atomic E-state index is 5.18. The molecule has 0 radical (unpaired) electrons. The van der Waals surface area contributed by atoms with Crippen LogP contribution in [-0.4, -0.2) is 6.61 Å². The summed E-state index contributed by atoms with van der Waals surface area (Å²) in [6.07, 6.45) is 0. The molecule has 0 bridgehead atoms. The lowest BCUT2D eigenvalue weighted by molar-refractivity contribution is -0.234. The number of nitrogens with two attached hydrogens (primary N) is 2. The van der Waals surface area contributed by atoms with Crippen LogP contribution in [0.3, 0.4) is 0 Å². The van der Waals surface area contributed by atoms with Gasteiger partial charge in [-0.05, 0) is 0 Å². The minimum atomic E-state index is 0.181. The second kappa shape index (κ2) is 1.31. The molecule has 4 N–H and O–H groups in total. The molecule has 1 aliphatic rings. The van der Waals surface area contributed by atoms with E-state index in [0.717, 1.165) is 0 Å². The van der Waals surface area contributed by atoms with E-state index in [2.05, 4.69) is 9.78 Å². The van der Waals surface area contributed by atoms with E-state index in [1.807, 2.05) is 0 Å². The molecule has 0 aromatic rings. The molecule has 0 amide bonds. The van der Waals surface area contributed by atoms with Gasteiger partial charge in [0, 0.05) is 0 Å². The lowest BCUT2D eigenvalue weighted by Gasteiger charge is -1.87. The van der Waals surface area contributed by atoms with E-state index < -0.39 is 0 Å². The Morgan fingerprint density at radius 3 is 2.29 bits per heavy atom. The molecule has 0 atom stereocenters. The third-order valence-corrected chi connectivity index (χ3v) is 0.680. The molecular formula is C3H6N2O2. The standard InChI is InChI=1S/C3H6N2O2/c4-2-1-6-7-3(2)5/h1,4-5H2. The quantitative estimate of drug-likeness (QED) is 0.386. The molecule has 0 unspecified atom stereocenters. The van der Waals surface area contributed by atoms with Crippen molar-refractivity contribution in [3.63, 3.8) is 0 Å². The molecule has 0 aromatic heterocycles. The van der Waals surface area contributed by atoms with Gasteiger partial charge < -0.3 is 16.4 Å². The highest BCUT2D eigenvalue weighted by molar-refractivity contribution is 5.02. The summed E-state index contributed by atoms with van der Waals surface area (Å²) < 4.78 is 0. The lowest BCUT2D eigenvalue weighted by Crippen LogP contribution is -2.05. The molecule has 4 nitrogen and oxygen atoms in total. The normalized spacial score (nSPS) is 20.0. The summed E-state index contributed by atoms with van der Waals surface area (Å²) in [6, 6.07) is 0. The van der Waals surface area contributed by atoms with Gasteiger partial charge in [0.1, 0.15) is 12.3 Å². The summed E-state index contributed by atoms with van der Waals surface area (Å²) in [5.41, 5.74) is 10.7. The van der Waals surface area contributed by atoms with Crippen molar-refractivity contribution >= 4 is 0 Å². The van der Waals surface area contributed by atoms with Gasteiger partial charge in [0.25, 0.3) is 0 Å². The fourth-order valence-corrected chi connectivity index (χ4v) is 0.281. The van der Waals surface area contributed by atoms with Crippen LogP contribution in [0.4, 0.5) is 0 Å². The van der Waals surface area contributed by atoms with Gasteiger partial charge >= 0.3 is 0 Å². The number of rotatable bonds is 0. The Labute approximate surface area is 40.6 Å². The molecule has 0 saturated heterocycles. The fraction of sp³-hybridized carbons (Fsp3) is 0.333. The van der Waals surface area contributed by atoms with Crippen molar-refractivity contribution < 1.29 is 9.78 Å². The van der Waals surface area contributed by atoms with Gasteiger partial charge in [-0.25, -0.2) is 0 Å². The zero-order chi connectivity index (χ0) is 5.28. The van der Waals surface area contributed by atoms with Gasteiger partial charge in [0.15, 0.2) is 0 Å². The summed E-state index contributed by atoms with van der Waals surface area (Å²) in [5, 5.41) is 0. The first-order chi connectivity index (χ1) is 3.30. The second-order valence-electron chi connectivity index (χ2n) is 1.24. The van der Waals surface area contributed by atoms with Crippen LogP contribution in [0.15, 0.2) is 11.6 Å². The Hall–Kier alpha value is -0.900. The Kier molecular flexibility index (Phi) is 0.796. The largest absolute Gasteiger partial charge is 0.396 e. The molecule has 40 valence electrons. The van der Waals surface area contributed by atoms with E-state index in [-0.39, 0.29) is 12.5 Å². The van der Waals surface area contributed by atoms with Crippen molar-refractivity contribution in [2.24, 2.45) is 11.5 Å². The SMILES string of the molecule is NC1=C(N)OOC1. The van der Waals surface area contributed by atoms with Gasteiger partial charge in [-0.15, -0.1) is 0 Å². The lowest BCUT2D eigenvalue weighted by atomic mass is 10.5. The van der Waals surface area contributed by atoms with Crippen LogP contribution in [0.1, 0.15) is 0 Å². The minimum Gasteiger partial charge on any atom is -0.396 e. The van der Waals surface area contributed by atoms with Gasteiger partial charge in [0.2, 0.25) is 5.88 Å². The number of hydrogen-bond donors (Lipinski definition) is 2. The molecular weight excluding hydrogens is 96.0 g/mol. The zero-order valence-electron chi connectivity index (χ0n) is 3.68. The van der Waals surface area contributed by atoms with Crippen LogP contribution in [0.5, 0.6) is 0 Å². The highest BCUT2D eigenvalue weighted by Gasteiger charge is 2.08. The Balaban J connectivity index is 2.64. The average molecular weight is 102 g/mol. The molecule has 7 heavy (non-hydrogen) atoms. The van der Waals surface area contributed by atoms with Crippen LogP contribution < -0.4 is 11.5 Å². The Morgan fingerprint density at radius 1 is 1.43 bits per heavy atom. The number of hydrogen-bond acceptors (Lipinski definition) is 4. The maximum atomic E-state index is 5.18. The van der Waals surface area contributed by atoms with Gasteiger partial charge in [-0.1, -0.05) is 0 Å². The average Bonchev–Trinajstić information content (AvgIpc) is 1.91. The molecule has 1 heterocycles. The minimum absolute atomic E-state index is 0.181.